The van der Waals surface area contributed by atoms with Crippen molar-refractivity contribution in [2.75, 3.05) is 32.8 Å². The van der Waals surface area contributed by atoms with E-state index in [4.69, 9.17) is 27.9 Å². The first kappa shape index (κ1) is 22.6. The molecule has 2 N–H and O–H groups in total. The number of halogens is 2. The van der Waals surface area contributed by atoms with E-state index in [0.717, 1.165) is 18.7 Å². The summed E-state index contributed by atoms with van der Waals surface area (Å²) < 4.78 is 5.41. The number of rotatable bonds is 7. The van der Waals surface area contributed by atoms with Crippen LogP contribution in [0.1, 0.15) is 28.9 Å². The molecule has 3 rings (SSSR count). The molecule has 1 heterocycles. The van der Waals surface area contributed by atoms with Crippen LogP contribution >= 0.6 is 23.2 Å². The van der Waals surface area contributed by atoms with Gasteiger partial charge in [0.25, 0.3) is 5.91 Å². The van der Waals surface area contributed by atoms with Gasteiger partial charge in [-0.1, -0.05) is 59.6 Å². The zero-order chi connectivity index (χ0) is 21.5. The Morgan fingerprint density at radius 3 is 2.43 bits per heavy atom. The Morgan fingerprint density at radius 1 is 1.03 bits per heavy atom. The Balaban J connectivity index is 1.66. The van der Waals surface area contributed by atoms with Gasteiger partial charge in [0.05, 0.1) is 34.9 Å². The summed E-state index contributed by atoms with van der Waals surface area (Å²) in [6.07, 6.45) is 0. The lowest BCUT2D eigenvalue weighted by Crippen LogP contribution is -2.49. The monoisotopic (exact) mass is 449 g/mol. The molecule has 0 aromatic heterocycles. The number of nitrogens with zero attached hydrogens (tertiary/aromatic N) is 1. The normalized spacial score (nSPS) is 16.5. The average molecular weight is 450 g/mol. The van der Waals surface area contributed by atoms with Crippen LogP contribution in [-0.2, 0) is 9.53 Å². The molecule has 8 heteroatoms. The van der Waals surface area contributed by atoms with Gasteiger partial charge in [0.15, 0.2) is 0 Å². The standard InChI is InChI=1S/C22H25Cl2N3O3/c1-15(25-22(29)17-8-5-9-18(23)20(17)24)21(28)26-19(16-6-3-2-4-7-16)14-27-10-12-30-13-11-27/h2-9,15,19H,10-14H2,1H3,(H,25,29)(H,26,28). The lowest BCUT2D eigenvalue weighted by molar-refractivity contribution is -0.123. The van der Waals surface area contributed by atoms with Crippen molar-refractivity contribution >= 4 is 35.0 Å². The summed E-state index contributed by atoms with van der Waals surface area (Å²) in [5.41, 5.74) is 1.24. The molecule has 1 saturated heterocycles. The molecular formula is C22H25Cl2N3O3. The summed E-state index contributed by atoms with van der Waals surface area (Å²) in [7, 11) is 0. The van der Waals surface area contributed by atoms with Crippen LogP contribution in [-0.4, -0.2) is 55.6 Å². The fraction of sp³-hybridized carbons (Fsp3) is 0.364. The molecule has 0 radical (unpaired) electrons. The van der Waals surface area contributed by atoms with Crippen molar-refractivity contribution in [3.8, 4) is 0 Å². The SMILES string of the molecule is CC(NC(=O)c1cccc(Cl)c1Cl)C(=O)NC(CN1CCOCC1)c1ccccc1. The van der Waals surface area contributed by atoms with Gasteiger partial charge < -0.3 is 15.4 Å². The van der Waals surface area contributed by atoms with E-state index in [1.54, 1.807) is 25.1 Å². The van der Waals surface area contributed by atoms with E-state index in [-0.39, 0.29) is 27.6 Å². The number of hydrogen-bond donors (Lipinski definition) is 2. The zero-order valence-electron chi connectivity index (χ0n) is 16.7. The summed E-state index contributed by atoms with van der Waals surface area (Å²) in [6.45, 7) is 5.31. The quantitative estimate of drug-likeness (QED) is 0.679. The van der Waals surface area contributed by atoms with Crippen molar-refractivity contribution in [2.24, 2.45) is 0 Å². The van der Waals surface area contributed by atoms with Gasteiger partial charge in [0.1, 0.15) is 6.04 Å². The van der Waals surface area contributed by atoms with Crippen LogP contribution in [0.5, 0.6) is 0 Å². The number of carbonyl (C=O) groups is 2. The molecule has 0 spiro atoms. The van der Waals surface area contributed by atoms with Crippen LogP contribution in [0.15, 0.2) is 48.5 Å². The van der Waals surface area contributed by atoms with Gasteiger partial charge in [-0.05, 0) is 24.6 Å². The lowest BCUT2D eigenvalue weighted by Gasteiger charge is -2.31. The second-order valence-corrected chi connectivity index (χ2v) is 7.97. The van der Waals surface area contributed by atoms with Crippen LogP contribution in [0.3, 0.4) is 0 Å². The molecule has 0 bridgehead atoms. The molecule has 2 aromatic rings. The summed E-state index contributed by atoms with van der Waals surface area (Å²) in [5, 5.41) is 6.22. The first-order chi connectivity index (χ1) is 14.5. The summed E-state index contributed by atoms with van der Waals surface area (Å²) in [4.78, 5) is 27.7. The maximum Gasteiger partial charge on any atom is 0.253 e. The highest BCUT2D eigenvalue weighted by Gasteiger charge is 2.24. The highest BCUT2D eigenvalue weighted by atomic mass is 35.5. The highest BCUT2D eigenvalue weighted by Crippen LogP contribution is 2.25. The zero-order valence-corrected chi connectivity index (χ0v) is 18.2. The number of carbonyl (C=O) groups excluding carboxylic acids is 2. The predicted octanol–water partition coefficient (Wildman–Crippen LogP) is 3.30. The third kappa shape index (κ3) is 5.95. The van der Waals surface area contributed by atoms with E-state index in [0.29, 0.717) is 19.8 Å². The molecule has 2 amide bonds. The van der Waals surface area contributed by atoms with Gasteiger partial charge in [0, 0.05) is 19.6 Å². The molecule has 30 heavy (non-hydrogen) atoms. The minimum absolute atomic E-state index is 0.166. The largest absolute Gasteiger partial charge is 0.379 e. The predicted molar refractivity (Wildman–Crippen MR) is 118 cm³/mol. The number of morpholine rings is 1. The maximum absolute atomic E-state index is 12.9. The summed E-state index contributed by atoms with van der Waals surface area (Å²) in [5.74, 6) is -0.724. The molecular weight excluding hydrogens is 425 g/mol. The first-order valence-electron chi connectivity index (χ1n) is 9.86. The number of hydrogen-bond acceptors (Lipinski definition) is 4. The van der Waals surface area contributed by atoms with E-state index in [1.165, 1.54) is 0 Å². The Bertz CT molecular complexity index is 873. The molecule has 2 unspecified atom stereocenters. The Kier molecular flexibility index (Phi) is 8.10. The molecule has 160 valence electrons. The number of amides is 2. The number of nitrogens with one attached hydrogen (secondary N) is 2. The minimum Gasteiger partial charge on any atom is -0.379 e. The van der Waals surface area contributed by atoms with Crippen molar-refractivity contribution in [1.29, 1.82) is 0 Å². The van der Waals surface area contributed by atoms with Gasteiger partial charge in [-0.15, -0.1) is 0 Å². The fourth-order valence-electron chi connectivity index (χ4n) is 3.28. The molecule has 0 saturated carbocycles. The van der Waals surface area contributed by atoms with Crippen molar-refractivity contribution in [2.45, 2.75) is 19.0 Å². The first-order valence-corrected chi connectivity index (χ1v) is 10.6. The molecule has 2 aromatic carbocycles. The summed E-state index contributed by atoms with van der Waals surface area (Å²) >= 11 is 12.1. The highest BCUT2D eigenvalue weighted by molar-refractivity contribution is 6.43. The third-order valence-corrected chi connectivity index (χ3v) is 5.82. The van der Waals surface area contributed by atoms with Gasteiger partial charge in [0.2, 0.25) is 5.91 Å². The van der Waals surface area contributed by atoms with Crippen LogP contribution in [0.25, 0.3) is 0 Å². The molecule has 1 aliphatic rings. The van der Waals surface area contributed by atoms with Gasteiger partial charge in [-0.3, -0.25) is 14.5 Å². The van der Waals surface area contributed by atoms with Crippen molar-refractivity contribution < 1.29 is 14.3 Å². The van der Waals surface area contributed by atoms with Crippen molar-refractivity contribution in [3.05, 3.63) is 69.7 Å². The molecule has 0 aliphatic carbocycles. The third-order valence-electron chi connectivity index (χ3n) is 5.00. The van der Waals surface area contributed by atoms with E-state index < -0.39 is 11.9 Å². The molecule has 1 fully saturated rings. The van der Waals surface area contributed by atoms with Crippen LogP contribution in [0, 0.1) is 0 Å². The van der Waals surface area contributed by atoms with Gasteiger partial charge in [-0.25, -0.2) is 0 Å². The van der Waals surface area contributed by atoms with Gasteiger partial charge >= 0.3 is 0 Å². The topological polar surface area (TPSA) is 70.7 Å². The van der Waals surface area contributed by atoms with Crippen LogP contribution in [0.4, 0.5) is 0 Å². The van der Waals surface area contributed by atoms with Crippen molar-refractivity contribution in [3.63, 3.8) is 0 Å². The second kappa shape index (κ2) is 10.8. The van der Waals surface area contributed by atoms with E-state index in [9.17, 15) is 9.59 Å². The van der Waals surface area contributed by atoms with E-state index >= 15 is 0 Å². The fourth-order valence-corrected chi connectivity index (χ4v) is 3.66. The number of benzene rings is 2. The summed E-state index contributed by atoms with van der Waals surface area (Å²) in [6, 6.07) is 13.7. The average Bonchev–Trinajstić information content (AvgIpc) is 2.76. The van der Waals surface area contributed by atoms with Crippen LogP contribution < -0.4 is 10.6 Å². The smallest absolute Gasteiger partial charge is 0.253 e. The molecule has 6 nitrogen and oxygen atoms in total. The lowest BCUT2D eigenvalue weighted by atomic mass is 10.1. The van der Waals surface area contributed by atoms with Crippen LogP contribution in [0.2, 0.25) is 10.0 Å². The Morgan fingerprint density at radius 2 is 1.73 bits per heavy atom. The minimum atomic E-state index is -0.747. The second-order valence-electron chi connectivity index (χ2n) is 7.18. The number of ether oxygens (including phenoxy) is 1. The van der Waals surface area contributed by atoms with Gasteiger partial charge in [-0.2, -0.15) is 0 Å². The Labute approximate surface area is 186 Å². The van der Waals surface area contributed by atoms with E-state index in [1.807, 2.05) is 30.3 Å². The Hall–Kier alpha value is -2.12. The van der Waals surface area contributed by atoms with Crippen molar-refractivity contribution in [1.82, 2.24) is 15.5 Å². The molecule has 1 aliphatic heterocycles. The van der Waals surface area contributed by atoms with E-state index in [2.05, 4.69) is 15.5 Å². The molecule has 2 atom stereocenters. The maximum atomic E-state index is 12.9.